The molecule has 1 spiro atoms. The molecule has 5 heteroatoms. The summed E-state index contributed by atoms with van der Waals surface area (Å²) in [6, 6.07) is 16.9. The highest BCUT2D eigenvalue weighted by atomic mass is 16.5. The summed E-state index contributed by atoms with van der Waals surface area (Å²) < 4.78 is 12.1. The van der Waals surface area contributed by atoms with E-state index in [1.165, 1.54) is 11.1 Å². The molecule has 31 heavy (non-hydrogen) atoms. The van der Waals surface area contributed by atoms with Crippen LogP contribution in [0.3, 0.4) is 0 Å². The van der Waals surface area contributed by atoms with Gasteiger partial charge in [0, 0.05) is 23.6 Å². The minimum Gasteiger partial charge on any atom is -0.493 e. The number of piperidine rings is 1. The molecule has 0 saturated carbocycles. The van der Waals surface area contributed by atoms with Gasteiger partial charge in [-0.15, -0.1) is 0 Å². The van der Waals surface area contributed by atoms with E-state index in [4.69, 9.17) is 14.6 Å². The van der Waals surface area contributed by atoms with E-state index in [1.54, 1.807) is 0 Å². The fourth-order valence-corrected chi connectivity index (χ4v) is 4.84. The Morgan fingerprint density at radius 1 is 1.19 bits per heavy atom. The first kappa shape index (κ1) is 21.7. The Morgan fingerprint density at radius 2 is 1.97 bits per heavy atom. The zero-order valence-corrected chi connectivity index (χ0v) is 18.4. The van der Waals surface area contributed by atoms with Crippen molar-refractivity contribution < 1.29 is 19.4 Å². The summed E-state index contributed by atoms with van der Waals surface area (Å²) in [6.07, 6.45) is 4.36. The van der Waals surface area contributed by atoms with Crippen molar-refractivity contribution in [3.05, 3.63) is 59.7 Å². The van der Waals surface area contributed by atoms with Crippen molar-refractivity contribution in [1.82, 2.24) is 4.90 Å². The molecule has 1 saturated heterocycles. The number of fused-ring (bicyclic) bond motifs is 2. The lowest BCUT2D eigenvalue weighted by Crippen LogP contribution is -2.44. The van der Waals surface area contributed by atoms with E-state index in [0.29, 0.717) is 25.7 Å². The van der Waals surface area contributed by atoms with Gasteiger partial charge < -0.3 is 19.5 Å². The summed E-state index contributed by atoms with van der Waals surface area (Å²) in [4.78, 5) is 13.1. The number of nitrogens with zero attached hydrogens (tertiary/aromatic N) is 1. The molecule has 0 aromatic heterocycles. The molecular weight excluding hydrogens is 390 g/mol. The second-order valence-corrected chi connectivity index (χ2v) is 9.01. The lowest BCUT2D eigenvalue weighted by molar-refractivity contribution is -0.137. The number of carboxylic acids is 1. The van der Waals surface area contributed by atoms with Crippen LogP contribution in [0.5, 0.6) is 11.5 Å². The molecule has 2 aromatic carbocycles. The summed E-state index contributed by atoms with van der Waals surface area (Å²) >= 11 is 0. The van der Waals surface area contributed by atoms with Gasteiger partial charge in [-0.25, -0.2) is 0 Å². The topological polar surface area (TPSA) is 59.0 Å². The van der Waals surface area contributed by atoms with Gasteiger partial charge in [0.1, 0.15) is 11.5 Å². The van der Waals surface area contributed by atoms with Gasteiger partial charge in [-0.3, -0.25) is 4.79 Å². The van der Waals surface area contributed by atoms with Crippen molar-refractivity contribution in [2.75, 3.05) is 32.8 Å². The smallest absolute Gasteiger partial charge is 0.304 e. The fourth-order valence-electron chi connectivity index (χ4n) is 4.84. The second-order valence-electron chi connectivity index (χ2n) is 9.01. The third kappa shape index (κ3) is 5.21. The highest BCUT2D eigenvalue weighted by Gasteiger charge is 2.43. The zero-order chi connectivity index (χ0) is 21.7. The number of hydrogen-bond acceptors (Lipinski definition) is 4. The van der Waals surface area contributed by atoms with Crippen molar-refractivity contribution in [1.29, 1.82) is 0 Å². The number of rotatable bonds is 9. The molecule has 1 fully saturated rings. The van der Waals surface area contributed by atoms with Crippen molar-refractivity contribution in [3.8, 4) is 11.5 Å². The van der Waals surface area contributed by atoms with Crippen molar-refractivity contribution >= 4 is 5.97 Å². The van der Waals surface area contributed by atoms with Crippen molar-refractivity contribution in [2.45, 2.75) is 50.4 Å². The predicted octanol–water partition coefficient (Wildman–Crippen LogP) is 4.85. The van der Waals surface area contributed by atoms with Gasteiger partial charge in [-0.1, -0.05) is 43.3 Å². The highest BCUT2D eigenvalue weighted by Crippen LogP contribution is 2.46. The first-order valence-corrected chi connectivity index (χ1v) is 11.4. The maximum absolute atomic E-state index is 10.8. The van der Waals surface area contributed by atoms with Crippen LogP contribution in [0.25, 0.3) is 0 Å². The lowest BCUT2D eigenvalue weighted by atomic mass is 9.74. The number of benzene rings is 2. The Hall–Kier alpha value is -2.53. The largest absolute Gasteiger partial charge is 0.493 e. The normalized spacial score (nSPS) is 18.4. The van der Waals surface area contributed by atoms with E-state index in [1.807, 2.05) is 6.07 Å². The average molecular weight is 424 g/mol. The van der Waals surface area contributed by atoms with E-state index in [0.717, 1.165) is 50.3 Å². The number of hydrogen-bond donors (Lipinski definition) is 1. The van der Waals surface area contributed by atoms with Crippen LogP contribution in [0, 0.1) is 0 Å². The zero-order valence-electron chi connectivity index (χ0n) is 18.4. The molecular formula is C26H33NO4. The highest BCUT2D eigenvalue weighted by molar-refractivity contribution is 5.66. The molecule has 2 aromatic rings. The van der Waals surface area contributed by atoms with Crippen LogP contribution < -0.4 is 9.47 Å². The SMILES string of the molecule is CC(CCCOc1ccc2c(c1)OCC21CCN(CCC(=O)O)CC1)c1ccccc1. The standard InChI is InChI=1S/C26H33NO4/c1-20(21-7-3-2-4-8-21)6-5-17-30-22-9-10-23-24(18-22)31-19-26(23)12-15-27(16-13-26)14-11-25(28)29/h2-4,7-10,18,20H,5-6,11-17,19H2,1H3,(H,28,29). The minimum atomic E-state index is -0.725. The fraction of sp³-hybridized carbons (Fsp3) is 0.500. The number of aliphatic carboxylic acids is 1. The molecule has 1 atom stereocenters. The Labute approximate surface area is 185 Å². The van der Waals surface area contributed by atoms with Gasteiger partial charge in [-0.05, 0) is 56.3 Å². The Bertz CT molecular complexity index is 874. The van der Waals surface area contributed by atoms with Crippen LogP contribution in [0.1, 0.15) is 56.1 Å². The quantitative estimate of drug-likeness (QED) is 0.584. The lowest BCUT2D eigenvalue weighted by Gasteiger charge is -2.38. The van der Waals surface area contributed by atoms with Crippen molar-refractivity contribution in [2.24, 2.45) is 0 Å². The van der Waals surface area contributed by atoms with Crippen LogP contribution in [0.15, 0.2) is 48.5 Å². The van der Waals surface area contributed by atoms with Crippen LogP contribution >= 0.6 is 0 Å². The van der Waals surface area contributed by atoms with Gasteiger partial charge in [0.05, 0.1) is 19.6 Å². The first-order valence-electron chi connectivity index (χ1n) is 11.4. The summed E-state index contributed by atoms with van der Waals surface area (Å²) in [6.45, 7) is 6.18. The van der Waals surface area contributed by atoms with Gasteiger partial charge in [-0.2, -0.15) is 0 Å². The third-order valence-electron chi connectivity index (χ3n) is 6.90. The molecule has 0 bridgehead atoms. The number of ether oxygens (including phenoxy) is 2. The number of carbonyl (C=O) groups is 1. The van der Waals surface area contributed by atoms with E-state index in [9.17, 15) is 4.79 Å². The number of carboxylic acid groups (broad SMARTS) is 1. The van der Waals surface area contributed by atoms with Crippen LogP contribution in [0.4, 0.5) is 0 Å². The first-order chi connectivity index (χ1) is 15.1. The second kappa shape index (κ2) is 9.73. The van der Waals surface area contributed by atoms with Crippen LogP contribution in [-0.2, 0) is 10.2 Å². The average Bonchev–Trinajstić information content (AvgIpc) is 3.14. The monoisotopic (exact) mass is 423 g/mol. The molecule has 0 amide bonds. The van der Waals surface area contributed by atoms with E-state index < -0.39 is 5.97 Å². The summed E-state index contributed by atoms with van der Waals surface area (Å²) in [7, 11) is 0. The molecule has 2 aliphatic rings. The van der Waals surface area contributed by atoms with Crippen LogP contribution in [-0.4, -0.2) is 48.8 Å². The van der Waals surface area contributed by atoms with Crippen LogP contribution in [0.2, 0.25) is 0 Å². The molecule has 0 aliphatic carbocycles. The molecule has 166 valence electrons. The molecule has 1 N–H and O–H groups in total. The molecule has 2 heterocycles. The Balaban J connectivity index is 1.26. The van der Waals surface area contributed by atoms with E-state index in [-0.39, 0.29) is 11.8 Å². The molecule has 5 nitrogen and oxygen atoms in total. The molecule has 2 aliphatic heterocycles. The Morgan fingerprint density at radius 3 is 2.71 bits per heavy atom. The maximum atomic E-state index is 10.8. The predicted molar refractivity (Wildman–Crippen MR) is 121 cm³/mol. The van der Waals surface area contributed by atoms with Crippen molar-refractivity contribution in [3.63, 3.8) is 0 Å². The maximum Gasteiger partial charge on any atom is 0.304 e. The van der Waals surface area contributed by atoms with Gasteiger partial charge in [0.25, 0.3) is 0 Å². The summed E-state index contributed by atoms with van der Waals surface area (Å²) in [5.41, 5.74) is 2.74. The molecule has 4 rings (SSSR count). The molecule has 0 radical (unpaired) electrons. The summed E-state index contributed by atoms with van der Waals surface area (Å²) in [5, 5.41) is 8.90. The van der Waals surface area contributed by atoms with Gasteiger partial charge in [0.15, 0.2) is 0 Å². The molecule has 1 unspecified atom stereocenters. The third-order valence-corrected chi connectivity index (χ3v) is 6.90. The number of likely N-dealkylation sites (tertiary alicyclic amines) is 1. The van der Waals surface area contributed by atoms with E-state index in [2.05, 4.69) is 54.3 Å². The summed E-state index contributed by atoms with van der Waals surface area (Å²) in [5.74, 6) is 1.64. The van der Waals surface area contributed by atoms with Gasteiger partial charge >= 0.3 is 5.97 Å². The Kier molecular flexibility index (Phi) is 6.81. The minimum absolute atomic E-state index is 0.0682. The van der Waals surface area contributed by atoms with Gasteiger partial charge in [0.2, 0.25) is 0 Å². The van der Waals surface area contributed by atoms with E-state index >= 15 is 0 Å².